The highest BCUT2D eigenvalue weighted by atomic mass is 32.2. The number of sulfonamides is 1. The Morgan fingerprint density at radius 3 is 2.36 bits per heavy atom. The number of amides is 1. The van der Waals surface area contributed by atoms with Crippen LogP contribution in [-0.4, -0.2) is 86.3 Å². The molecule has 0 radical (unpaired) electrons. The molecule has 2 aromatic rings. The topological polar surface area (TPSA) is 85.9 Å². The number of piperidine rings is 1. The van der Waals surface area contributed by atoms with Gasteiger partial charge in [0.05, 0.1) is 6.04 Å². The van der Waals surface area contributed by atoms with Crippen LogP contribution in [0.25, 0.3) is 0 Å². The molecule has 33 heavy (non-hydrogen) atoms. The number of carbonyl (C=O) groups excluding carboxylic acids is 1. The lowest BCUT2D eigenvalue weighted by Gasteiger charge is -2.36. The summed E-state index contributed by atoms with van der Waals surface area (Å²) in [4.78, 5) is 22.0. The number of rotatable bonds is 7. The number of pyridine rings is 1. The van der Waals surface area contributed by atoms with Gasteiger partial charge in [-0.15, -0.1) is 0 Å². The Morgan fingerprint density at radius 2 is 1.73 bits per heavy atom. The molecular formula is C24H33N5O3S. The quantitative estimate of drug-likeness (QED) is 0.660. The number of benzene rings is 1. The maximum absolute atomic E-state index is 13.2. The van der Waals surface area contributed by atoms with E-state index in [1.807, 2.05) is 18.2 Å². The first-order chi connectivity index (χ1) is 15.9. The Labute approximate surface area is 196 Å². The van der Waals surface area contributed by atoms with Crippen molar-refractivity contribution in [1.82, 2.24) is 24.4 Å². The molecule has 0 spiro atoms. The molecule has 2 aliphatic heterocycles. The van der Waals surface area contributed by atoms with E-state index in [2.05, 4.69) is 39.3 Å². The number of piperazine rings is 1. The van der Waals surface area contributed by atoms with Crippen LogP contribution in [0.15, 0.2) is 59.8 Å². The van der Waals surface area contributed by atoms with Crippen molar-refractivity contribution in [2.45, 2.75) is 23.8 Å². The summed E-state index contributed by atoms with van der Waals surface area (Å²) in [5.74, 6) is -0.180. The molecule has 1 aromatic carbocycles. The van der Waals surface area contributed by atoms with Crippen molar-refractivity contribution in [3.63, 3.8) is 0 Å². The fourth-order valence-corrected chi connectivity index (χ4v) is 5.94. The lowest BCUT2D eigenvalue weighted by molar-refractivity contribution is -0.127. The van der Waals surface area contributed by atoms with Crippen LogP contribution in [0.3, 0.4) is 0 Å². The van der Waals surface area contributed by atoms with Crippen LogP contribution < -0.4 is 5.32 Å². The van der Waals surface area contributed by atoms with E-state index in [1.165, 1.54) is 10.5 Å². The summed E-state index contributed by atoms with van der Waals surface area (Å²) in [6.07, 6.45) is 3.96. The smallest absolute Gasteiger partial charge is 0.244 e. The molecule has 8 nitrogen and oxygen atoms in total. The molecule has 1 atom stereocenters. The SMILES string of the molecule is CN1CCN(CC(NC(=O)C2CCN(S(=O)(=O)c3cccnc3)CC2)c2ccccc2)CC1. The first kappa shape index (κ1) is 23.8. The van der Waals surface area contributed by atoms with Crippen LogP contribution >= 0.6 is 0 Å². The standard InChI is InChI=1S/C24H33N5O3S/c1-27-14-16-28(17-15-27)19-23(20-6-3-2-4-7-20)26-24(30)21-9-12-29(13-10-21)33(31,32)22-8-5-11-25-18-22/h2-8,11,18,21,23H,9-10,12-17,19H2,1H3,(H,26,30). The van der Waals surface area contributed by atoms with Crippen molar-refractivity contribution < 1.29 is 13.2 Å². The molecular weight excluding hydrogens is 438 g/mol. The van der Waals surface area contributed by atoms with E-state index in [0.29, 0.717) is 25.9 Å². The molecule has 0 bridgehead atoms. The van der Waals surface area contributed by atoms with Crippen LogP contribution in [0, 0.1) is 5.92 Å². The van der Waals surface area contributed by atoms with Gasteiger partial charge in [0, 0.05) is 64.1 Å². The molecule has 2 aliphatic rings. The van der Waals surface area contributed by atoms with Gasteiger partial charge in [-0.25, -0.2) is 8.42 Å². The highest BCUT2D eigenvalue weighted by Gasteiger charge is 2.33. The van der Waals surface area contributed by atoms with Gasteiger partial charge in [-0.1, -0.05) is 30.3 Å². The fourth-order valence-electron chi connectivity index (χ4n) is 4.51. The van der Waals surface area contributed by atoms with Crippen molar-refractivity contribution >= 4 is 15.9 Å². The van der Waals surface area contributed by atoms with E-state index in [1.54, 1.807) is 18.3 Å². The Kier molecular flexibility index (Phi) is 7.75. The van der Waals surface area contributed by atoms with E-state index < -0.39 is 10.0 Å². The Bertz CT molecular complexity index is 1000. The molecule has 0 aliphatic carbocycles. The Hall–Kier alpha value is -2.33. The number of hydrogen-bond acceptors (Lipinski definition) is 6. The molecule has 1 amide bonds. The molecule has 0 saturated carbocycles. The number of likely N-dealkylation sites (N-methyl/N-ethyl adjacent to an activating group) is 1. The second kappa shape index (κ2) is 10.7. The van der Waals surface area contributed by atoms with Gasteiger partial charge >= 0.3 is 0 Å². The number of nitrogens with one attached hydrogen (secondary N) is 1. The summed E-state index contributed by atoms with van der Waals surface area (Å²) >= 11 is 0. The normalized spacial score (nSPS) is 20.4. The van der Waals surface area contributed by atoms with Gasteiger partial charge in [-0.05, 0) is 37.6 Å². The van der Waals surface area contributed by atoms with Gasteiger partial charge in [0.1, 0.15) is 4.90 Å². The summed E-state index contributed by atoms with van der Waals surface area (Å²) < 4.78 is 27.2. The second-order valence-electron chi connectivity index (χ2n) is 8.94. The Morgan fingerprint density at radius 1 is 1.03 bits per heavy atom. The second-order valence-corrected chi connectivity index (χ2v) is 10.9. The third-order valence-electron chi connectivity index (χ3n) is 6.65. The van der Waals surface area contributed by atoms with E-state index in [-0.39, 0.29) is 22.8 Å². The van der Waals surface area contributed by atoms with E-state index >= 15 is 0 Å². The molecule has 178 valence electrons. The fraction of sp³-hybridized carbons (Fsp3) is 0.500. The summed E-state index contributed by atoms with van der Waals surface area (Å²) in [6, 6.07) is 13.2. The minimum Gasteiger partial charge on any atom is -0.348 e. The van der Waals surface area contributed by atoms with Gasteiger partial charge in [-0.3, -0.25) is 14.7 Å². The van der Waals surface area contributed by atoms with Crippen molar-refractivity contribution in [2.24, 2.45) is 5.92 Å². The van der Waals surface area contributed by atoms with Crippen LogP contribution in [0.5, 0.6) is 0 Å². The zero-order valence-electron chi connectivity index (χ0n) is 19.1. The first-order valence-corrected chi connectivity index (χ1v) is 13.0. The number of aromatic nitrogens is 1. The van der Waals surface area contributed by atoms with Gasteiger partial charge in [0.25, 0.3) is 0 Å². The highest BCUT2D eigenvalue weighted by Crippen LogP contribution is 2.25. The molecule has 2 saturated heterocycles. The average Bonchev–Trinajstić information content (AvgIpc) is 2.86. The summed E-state index contributed by atoms with van der Waals surface area (Å²) in [5, 5.41) is 3.27. The minimum atomic E-state index is -3.57. The third-order valence-corrected chi connectivity index (χ3v) is 8.53. The maximum Gasteiger partial charge on any atom is 0.244 e. The van der Waals surface area contributed by atoms with E-state index in [9.17, 15) is 13.2 Å². The average molecular weight is 472 g/mol. The molecule has 4 rings (SSSR count). The summed E-state index contributed by atoms with van der Waals surface area (Å²) in [5.41, 5.74) is 1.10. The van der Waals surface area contributed by atoms with E-state index in [4.69, 9.17) is 0 Å². The van der Waals surface area contributed by atoms with Gasteiger partial charge < -0.3 is 10.2 Å². The Balaban J connectivity index is 1.37. The van der Waals surface area contributed by atoms with Crippen molar-refractivity contribution in [1.29, 1.82) is 0 Å². The maximum atomic E-state index is 13.2. The van der Waals surface area contributed by atoms with Crippen LogP contribution in [-0.2, 0) is 14.8 Å². The largest absolute Gasteiger partial charge is 0.348 e. The van der Waals surface area contributed by atoms with Crippen molar-refractivity contribution in [3.8, 4) is 0 Å². The minimum absolute atomic E-state index is 0.0106. The molecule has 1 N–H and O–H groups in total. The number of nitrogens with zero attached hydrogens (tertiary/aromatic N) is 4. The number of carbonyl (C=O) groups is 1. The molecule has 2 fully saturated rings. The van der Waals surface area contributed by atoms with Gasteiger partial charge in [0.15, 0.2) is 0 Å². The predicted octanol–water partition coefficient (Wildman–Crippen LogP) is 1.59. The van der Waals surface area contributed by atoms with Gasteiger partial charge in [0.2, 0.25) is 15.9 Å². The van der Waals surface area contributed by atoms with Gasteiger partial charge in [-0.2, -0.15) is 4.31 Å². The van der Waals surface area contributed by atoms with E-state index in [0.717, 1.165) is 38.3 Å². The lowest BCUT2D eigenvalue weighted by Crippen LogP contribution is -2.49. The molecule has 9 heteroatoms. The third kappa shape index (κ3) is 5.97. The first-order valence-electron chi connectivity index (χ1n) is 11.6. The molecule has 3 heterocycles. The zero-order valence-corrected chi connectivity index (χ0v) is 20.0. The summed E-state index contributed by atoms with van der Waals surface area (Å²) in [7, 11) is -1.44. The van der Waals surface area contributed by atoms with Crippen LogP contribution in [0.1, 0.15) is 24.4 Å². The monoisotopic (exact) mass is 471 g/mol. The molecule has 1 aromatic heterocycles. The van der Waals surface area contributed by atoms with Crippen molar-refractivity contribution in [3.05, 3.63) is 60.4 Å². The predicted molar refractivity (Wildman–Crippen MR) is 127 cm³/mol. The van der Waals surface area contributed by atoms with Crippen LogP contribution in [0.2, 0.25) is 0 Å². The zero-order chi connectivity index (χ0) is 23.3. The molecule has 1 unspecified atom stereocenters. The number of hydrogen-bond donors (Lipinski definition) is 1. The summed E-state index contributed by atoms with van der Waals surface area (Å²) in [6.45, 7) is 5.48. The van der Waals surface area contributed by atoms with Crippen LogP contribution in [0.4, 0.5) is 0 Å². The lowest BCUT2D eigenvalue weighted by atomic mass is 9.96. The van der Waals surface area contributed by atoms with Crippen molar-refractivity contribution in [2.75, 3.05) is 52.9 Å². The highest BCUT2D eigenvalue weighted by molar-refractivity contribution is 7.89.